The van der Waals surface area contributed by atoms with Crippen molar-refractivity contribution >= 4 is 5.91 Å². The Morgan fingerprint density at radius 3 is 2.53 bits per heavy atom. The first kappa shape index (κ1) is 15.7. The molecule has 3 nitrogen and oxygen atoms in total. The van der Waals surface area contributed by atoms with Crippen LogP contribution in [-0.4, -0.2) is 18.5 Å². The van der Waals surface area contributed by atoms with Crippen molar-refractivity contribution in [1.82, 2.24) is 5.32 Å². The molecular weight excluding hydrogens is 236 g/mol. The number of hydrogen-bond acceptors (Lipinski definition) is 2. The third-order valence-electron chi connectivity index (χ3n) is 3.25. The molecule has 0 fully saturated rings. The minimum absolute atomic E-state index is 0.00550. The van der Waals surface area contributed by atoms with Crippen molar-refractivity contribution in [2.45, 2.75) is 47.1 Å². The number of hydrogen-bond donors (Lipinski definition) is 2. The van der Waals surface area contributed by atoms with Crippen LogP contribution >= 0.6 is 0 Å². The standard InChI is InChI=1S/C16H26N2O/c1-11-7-6-8-14(12(11)2)15(19)18-10-13(17)9-16(3,4)5/h6-8,13H,9-10,17H2,1-5H3,(H,18,19). The van der Waals surface area contributed by atoms with Crippen LogP contribution in [0.5, 0.6) is 0 Å². The predicted molar refractivity (Wildman–Crippen MR) is 80.3 cm³/mol. The van der Waals surface area contributed by atoms with Gasteiger partial charge in [0.25, 0.3) is 5.91 Å². The van der Waals surface area contributed by atoms with Crippen LogP contribution in [0.3, 0.4) is 0 Å². The monoisotopic (exact) mass is 262 g/mol. The van der Waals surface area contributed by atoms with Gasteiger partial charge in [-0.3, -0.25) is 4.79 Å². The second-order valence-corrected chi connectivity index (χ2v) is 6.48. The fraction of sp³-hybridized carbons (Fsp3) is 0.562. The van der Waals surface area contributed by atoms with E-state index < -0.39 is 0 Å². The van der Waals surface area contributed by atoms with E-state index in [1.807, 2.05) is 32.0 Å². The summed E-state index contributed by atoms with van der Waals surface area (Å²) in [5.41, 5.74) is 9.13. The maximum absolute atomic E-state index is 12.1. The Morgan fingerprint density at radius 1 is 1.32 bits per heavy atom. The molecule has 0 aliphatic carbocycles. The zero-order valence-corrected chi connectivity index (χ0v) is 12.7. The maximum Gasteiger partial charge on any atom is 0.251 e. The summed E-state index contributed by atoms with van der Waals surface area (Å²) < 4.78 is 0. The van der Waals surface area contributed by atoms with Crippen molar-refractivity contribution in [2.75, 3.05) is 6.54 Å². The van der Waals surface area contributed by atoms with Crippen LogP contribution in [0.1, 0.15) is 48.7 Å². The van der Waals surface area contributed by atoms with Crippen LogP contribution in [0.25, 0.3) is 0 Å². The Bertz CT molecular complexity index is 447. The highest BCUT2D eigenvalue weighted by molar-refractivity contribution is 5.95. The number of aryl methyl sites for hydroxylation is 1. The maximum atomic E-state index is 12.1. The molecule has 0 saturated carbocycles. The van der Waals surface area contributed by atoms with Crippen LogP contribution in [0.15, 0.2) is 18.2 Å². The molecule has 0 aliphatic rings. The van der Waals surface area contributed by atoms with Gasteiger partial charge in [0.1, 0.15) is 0 Å². The smallest absolute Gasteiger partial charge is 0.251 e. The van der Waals surface area contributed by atoms with Gasteiger partial charge in [0, 0.05) is 18.2 Å². The van der Waals surface area contributed by atoms with E-state index in [0.717, 1.165) is 23.1 Å². The minimum Gasteiger partial charge on any atom is -0.350 e. The molecule has 0 spiro atoms. The van der Waals surface area contributed by atoms with E-state index in [9.17, 15) is 4.79 Å². The summed E-state index contributed by atoms with van der Waals surface area (Å²) in [6, 6.07) is 5.77. The molecule has 1 aromatic carbocycles. The molecule has 0 heterocycles. The lowest BCUT2D eigenvalue weighted by molar-refractivity contribution is 0.0948. The van der Waals surface area contributed by atoms with E-state index in [1.54, 1.807) is 0 Å². The lowest BCUT2D eigenvalue weighted by Gasteiger charge is -2.23. The number of carbonyl (C=O) groups excluding carboxylic acids is 1. The quantitative estimate of drug-likeness (QED) is 0.876. The Hall–Kier alpha value is -1.35. The summed E-state index contributed by atoms with van der Waals surface area (Å²) in [5, 5.41) is 2.93. The van der Waals surface area contributed by atoms with Crippen LogP contribution in [0, 0.1) is 19.3 Å². The van der Waals surface area contributed by atoms with Crippen molar-refractivity contribution in [3.8, 4) is 0 Å². The fourth-order valence-electron chi connectivity index (χ4n) is 2.17. The van der Waals surface area contributed by atoms with Crippen LogP contribution < -0.4 is 11.1 Å². The predicted octanol–water partition coefficient (Wildman–Crippen LogP) is 2.80. The van der Waals surface area contributed by atoms with Crippen molar-refractivity contribution in [3.05, 3.63) is 34.9 Å². The van der Waals surface area contributed by atoms with Gasteiger partial charge >= 0.3 is 0 Å². The Kier molecular flexibility index (Phi) is 5.12. The first-order valence-corrected chi connectivity index (χ1v) is 6.81. The molecule has 3 N–H and O–H groups in total. The van der Waals surface area contributed by atoms with E-state index in [1.165, 1.54) is 0 Å². The summed E-state index contributed by atoms with van der Waals surface area (Å²) in [5.74, 6) is -0.0365. The van der Waals surface area contributed by atoms with Gasteiger partial charge in [0.05, 0.1) is 0 Å². The van der Waals surface area contributed by atoms with Gasteiger partial charge in [-0.05, 0) is 42.9 Å². The topological polar surface area (TPSA) is 55.1 Å². The molecule has 1 amide bonds. The second-order valence-electron chi connectivity index (χ2n) is 6.48. The fourth-order valence-corrected chi connectivity index (χ4v) is 2.17. The van der Waals surface area contributed by atoms with E-state index >= 15 is 0 Å². The molecule has 106 valence electrons. The largest absolute Gasteiger partial charge is 0.350 e. The lowest BCUT2D eigenvalue weighted by atomic mass is 9.88. The highest BCUT2D eigenvalue weighted by atomic mass is 16.1. The summed E-state index contributed by atoms with van der Waals surface area (Å²) in [6.45, 7) is 11.0. The van der Waals surface area contributed by atoms with Gasteiger partial charge in [0.15, 0.2) is 0 Å². The Balaban J connectivity index is 2.59. The lowest BCUT2D eigenvalue weighted by Crippen LogP contribution is -2.39. The van der Waals surface area contributed by atoms with Gasteiger partial charge in [-0.25, -0.2) is 0 Å². The molecule has 1 rings (SSSR count). The van der Waals surface area contributed by atoms with Crippen LogP contribution in [0.4, 0.5) is 0 Å². The molecule has 0 aliphatic heterocycles. The molecule has 3 heteroatoms. The molecule has 19 heavy (non-hydrogen) atoms. The summed E-state index contributed by atoms with van der Waals surface area (Å²) >= 11 is 0. The number of rotatable bonds is 4. The molecule has 0 saturated heterocycles. The Labute approximate surface area is 116 Å². The van der Waals surface area contributed by atoms with Crippen molar-refractivity contribution in [3.63, 3.8) is 0 Å². The summed E-state index contributed by atoms with van der Waals surface area (Å²) in [7, 11) is 0. The van der Waals surface area contributed by atoms with E-state index in [2.05, 4.69) is 26.1 Å². The third kappa shape index (κ3) is 5.03. The average molecular weight is 262 g/mol. The number of amides is 1. The molecule has 1 unspecified atom stereocenters. The van der Waals surface area contributed by atoms with Crippen molar-refractivity contribution < 1.29 is 4.79 Å². The summed E-state index contributed by atoms with van der Waals surface area (Å²) in [4.78, 5) is 12.1. The molecule has 0 aromatic heterocycles. The first-order valence-electron chi connectivity index (χ1n) is 6.81. The highest BCUT2D eigenvalue weighted by Gasteiger charge is 2.17. The van der Waals surface area contributed by atoms with Crippen LogP contribution in [0.2, 0.25) is 0 Å². The first-order chi connectivity index (χ1) is 8.70. The SMILES string of the molecule is Cc1cccc(C(=O)NCC(N)CC(C)(C)C)c1C. The van der Waals surface area contributed by atoms with Gasteiger partial charge in [0.2, 0.25) is 0 Å². The number of carbonyl (C=O) groups is 1. The van der Waals surface area contributed by atoms with Crippen LogP contribution in [-0.2, 0) is 0 Å². The van der Waals surface area contributed by atoms with E-state index in [-0.39, 0.29) is 17.4 Å². The number of nitrogens with one attached hydrogen (secondary N) is 1. The van der Waals surface area contributed by atoms with E-state index in [4.69, 9.17) is 5.73 Å². The summed E-state index contributed by atoms with van der Waals surface area (Å²) in [6.07, 6.45) is 0.889. The number of benzene rings is 1. The van der Waals surface area contributed by atoms with Gasteiger partial charge < -0.3 is 11.1 Å². The van der Waals surface area contributed by atoms with Crippen molar-refractivity contribution in [2.24, 2.45) is 11.1 Å². The van der Waals surface area contributed by atoms with E-state index in [0.29, 0.717) is 6.54 Å². The van der Waals surface area contributed by atoms with Crippen molar-refractivity contribution in [1.29, 1.82) is 0 Å². The highest BCUT2D eigenvalue weighted by Crippen LogP contribution is 2.19. The molecule has 0 bridgehead atoms. The molecule has 1 aromatic rings. The second kappa shape index (κ2) is 6.20. The average Bonchev–Trinajstić information content (AvgIpc) is 2.27. The normalized spacial score (nSPS) is 13.2. The zero-order chi connectivity index (χ0) is 14.6. The van der Waals surface area contributed by atoms with Gasteiger partial charge in [-0.15, -0.1) is 0 Å². The minimum atomic E-state index is -0.0365. The Morgan fingerprint density at radius 2 is 1.95 bits per heavy atom. The number of nitrogens with two attached hydrogens (primary N) is 1. The van der Waals surface area contributed by atoms with Gasteiger partial charge in [-0.1, -0.05) is 32.9 Å². The molecule has 1 atom stereocenters. The zero-order valence-electron chi connectivity index (χ0n) is 12.7. The molecule has 0 radical (unpaired) electrons. The van der Waals surface area contributed by atoms with Gasteiger partial charge in [-0.2, -0.15) is 0 Å². The third-order valence-corrected chi connectivity index (χ3v) is 3.25. The molecular formula is C16H26N2O.